The van der Waals surface area contributed by atoms with E-state index in [4.69, 9.17) is 4.74 Å². The van der Waals surface area contributed by atoms with E-state index >= 15 is 0 Å². The number of aromatic amines is 1. The summed E-state index contributed by atoms with van der Waals surface area (Å²) in [5.74, 6) is 0.0406. The monoisotopic (exact) mass is 463 g/mol. The van der Waals surface area contributed by atoms with Crippen molar-refractivity contribution in [2.24, 2.45) is 5.41 Å². The van der Waals surface area contributed by atoms with Crippen molar-refractivity contribution >= 4 is 5.97 Å². The Hall–Kier alpha value is -3.10. The first-order chi connectivity index (χ1) is 15.4. The maximum atomic E-state index is 13.5. The molecule has 0 saturated carbocycles. The zero-order valence-corrected chi connectivity index (χ0v) is 19.0. The molecule has 1 aliphatic rings. The Morgan fingerprint density at radius 3 is 2.45 bits per heavy atom. The molecule has 0 aliphatic heterocycles. The Balaban J connectivity index is 1.67. The number of alkyl halides is 3. The van der Waals surface area contributed by atoms with Crippen LogP contribution in [0.5, 0.6) is 0 Å². The second-order valence-corrected chi connectivity index (χ2v) is 9.09. The van der Waals surface area contributed by atoms with Gasteiger partial charge in [0.05, 0.1) is 11.1 Å². The Bertz CT molecular complexity index is 1050. The number of pyridine rings is 1. The predicted molar refractivity (Wildman–Crippen MR) is 117 cm³/mol. The largest absolute Gasteiger partial charge is 0.493 e. The molecule has 0 amide bonds. The number of carboxylic acid groups (broad SMARTS) is 1. The lowest BCUT2D eigenvalue weighted by Gasteiger charge is -2.29. The Morgan fingerprint density at radius 1 is 1.21 bits per heavy atom. The highest BCUT2D eigenvalue weighted by Gasteiger charge is 2.52. The number of carboxylic acids is 1. The quantitative estimate of drug-likeness (QED) is 0.520. The third-order valence-corrected chi connectivity index (χ3v) is 6.19. The first-order valence-corrected chi connectivity index (χ1v) is 10.7. The van der Waals surface area contributed by atoms with Gasteiger partial charge < -0.3 is 14.8 Å². The molecule has 3 rings (SSSR count). The van der Waals surface area contributed by atoms with E-state index in [2.05, 4.69) is 15.0 Å². The average Bonchev–Trinajstić information content (AvgIpc) is 3.27. The number of hydrogen-bond donors (Lipinski definition) is 2. The molecule has 2 unspecified atom stereocenters. The van der Waals surface area contributed by atoms with E-state index in [1.54, 1.807) is 32.2 Å². The summed E-state index contributed by atoms with van der Waals surface area (Å²) >= 11 is 0. The summed E-state index contributed by atoms with van der Waals surface area (Å²) in [7, 11) is 0. The number of carbonyl (C=O) groups is 1. The average molecular weight is 464 g/mol. The van der Waals surface area contributed by atoms with Crippen LogP contribution in [0.4, 0.5) is 13.2 Å². The Labute approximate surface area is 190 Å². The van der Waals surface area contributed by atoms with E-state index in [1.807, 2.05) is 18.2 Å². The molecule has 0 fully saturated rings. The highest BCUT2D eigenvalue weighted by atomic mass is 19.4. The third kappa shape index (κ3) is 5.12. The number of rotatable bonds is 8. The number of imidazole rings is 1. The molecule has 1 aliphatic carbocycles. The Kier molecular flexibility index (Phi) is 6.72. The molecule has 0 radical (unpaired) electrons. The van der Waals surface area contributed by atoms with Crippen molar-refractivity contribution in [3.05, 3.63) is 59.9 Å². The van der Waals surface area contributed by atoms with Crippen molar-refractivity contribution < 1.29 is 27.8 Å². The number of hydrogen-bond acceptors (Lipinski definition) is 4. The standard InChI is InChI=1S/C24H28F3N3O3/c1-5-23(4,24(25,26)27)19-13-29-20(30-19)16-8-11-18(28-12-16)15-6-9-17(10-7-15)33-14-22(2,3)21(31)32/h6,8-13,15H,5,7,14H2,1-4H3,(H,29,30)(H,31,32). The van der Waals surface area contributed by atoms with Crippen LogP contribution >= 0.6 is 0 Å². The lowest BCUT2D eigenvalue weighted by molar-refractivity contribution is -0.187. The fraction of sp³-hybridized carbons (Fsp3) is 0.458. The van der Waals surface area contributed by atoms with Gasteiger partial charge in [0, 0.05) is 29.6 Å². The van der Waals surface area contributed by atoms with Gasteiger partial charge in [0.1, 0.15) is 23.6 Å². The van der Waals surface area contributed by atoms with E-state index in [0.29, 0.717) is 23.6 Å². The third-order valence-electron chi connectivity index (χ3n) is 6.19. The van der Waals surface area contributed by atoms with Gasteiger partial charge >= 0.3 is 12.1 Å². The SMILES string of the molecule is CCC(C)(c1cnc(-c2ccc(C3C=CC(OCC(C)(C)C(=O)O)=CC3)nc2)[nH]1)C(F)(F)F. The molecule has 2 atom stereocenters. The van der Waals surface area contributed by atoms with Crippen molar-refractivity contribution in [1.82, 2.24) is 15.0 Å². The van der Waals surface area contributed by atoms with E-state index in [-0.39, 0.29) is 24.6 Å². The van der Waals surface area contributed by atoms with Crippen LogP contribution in [0.25, 0.3) is 11.4 Å². The van der Waals surface area contributed by atoms with Gasteiger partial charge in [-0.15, -0.1) is 0 Å². The number of allylic oxidation sites excluding steroid dienone is 3. The van der Waals surface area contributed by atoms with Crippen LogP contribution in [0.15, 0.2) is 48.5 Å². The smallest absolute Gasteiger partial charge is 0.399 e. The molecule has 2 N–H and O–H groups in total. The minimum atomic E-state index is -4.39. The van der Waals surface area contributed by atoms with Crippen LogP contribution in [0, 0.1) is 5.41 Å². The van der Waals surface area contributed by atoms with Gasteiger partial charge in [0.15, 0.2) is 0 Å². The fourth-order valence-corrected chi connectivity index (χ4v) is 3.31. The summed E-state index contributed by atoms with van der Waals surface area (Å²) in [5, 5.41) is 9.17. The van der Waals surface area contributed by atoms with E-state index in [9.17, 15) is 23.1 Å². The first kappa shape index (κ1) is 24.5. The summed E-state index contributed by atoms with van der Waals surface area (Å²) in [6.45, 7) is 5.93. The summed E-state index contributed by atoms with van der Waals surface area (Å²) in [6.07, 6.45) is 4.60. The molecule has 2 heterocycles. The number of ether oxygens (including phenoxy) is 1. The fourth-order valence-electron chi connectivity index (χ4n) is 3.31. The number of nitrogens with zero attached hydrogens (tertiary/aromatic N) is 2. The minimum Gasteiger partial charge on any atom is -0.493 e. The normalized spacial score (nSPS) is 18.5. The summed E-state index contributed by atoms with van der Waals surface area (Å²) in [4.78, 5) is 22.6. The van der Waals surface area contributed by atoms with E-state index in [0.717, 1.165) is 12.6 Å². The number of halogens is 3. The molecule has 178 valence electrons. The molecule has 6 nitrogen and oxygen atoms in total. The zero-order valence-electron chi connectivity index (χ0n) is 19.0. The number of H-pyrrole nitrogens is 1. The van der Waals surface area contributed by atoms with Gasteiger partial charge in [-0.2, -0.15) is 13.2 Å². The van der Waals surface area contributed by atoms with Crippen molar-refractivity contribution in [1.29, 1.82) is 0 Å². The molecule has 2 aromatic heterocycles. The van der Waals surface area contributed by atoms with Crippen LogP contribution in [-0.2, 0) is 14.9 Å². The second-order valence-electron chi connectivity index (χ2n) is 9.09. The molecule has 33 heavy (non-hydrogen) atoms. The van der Waals surface area contributed by atoms with Gasteiger partial charge in [0.2, 0.25) is 0 Å². The summed E-state index contributed by atoms with van der Waals surface area (Å²) in [6, 6.07) is 3.60. The molecule has 0 saturated heterocycles. The number of nitrogens with one attached hydrogen (secondary N) is 1. The van der Waals surface area contributed by atoms with Crippen LogP contribution in [0.3, 0.4) is 0 Å². The first-order valence-electron chi connectivity index (χ1n) is 10.7. The molecule has 2 aromatic rings. The van der Waals surface area contributed by atoms with Crippen LogP contribution in [-0.4, -0.2) is 38.8 Å². The molecule has 0 aromatic carbocycles. The Morgan fingerprint density at radius 2 is 1.94 bits per heavy atom. The highest BCUT2D eigenvalue weighted by Crippen LogP contribution is 2.43. The lowest BCUT2D eigenvalue weighted by Crippen LogP contribution is -2.39. The second kappa shape index (κ2) is 9.03. The van der Waals surface area contributed by atoms with Gasteiger partial charge in [-0.25, -0.2) is 4.98 Å². The molecular formula is C24H28F3N3O3. The summed E-state index contributed by atoms with van der Waals surface area (Å²) < 4.78 is 46.2. The minimum absolute atomic E-state index is 0.0136. The van der Waals surface area contributed by atoms with Crippen LogP contribution in [0.1, 0.15) is 57.8 Å². The molecule has 9 heteroatoms. The van der Waals surface area contributed by atoms with E-state index in [1.165, 1.54) is 13.1 Å². The maximum Gasteiger partial charge on any atom is 0.399 e. The topological polar surface area (TPSA) is 88.1 Å². The van der Waals surface area contributed by atoms with Gasteiger partial charge in [-0.1, -0.05) is 13.0 Å². The molecule has 0 spiro atoms. The van der Waals surface area contributed by atoms with Gasteiger partial charge in [-0.3, -0.25) is 9.78 Å². The van der Waals surface area contributed by atoms with Gasteiger partial charge in [-0.05, 0) is 57.9 Å². The number of aromatic nitrogens is 3. The van der Waals surface area contributed by atoms with Crippen molar-refractivity contribution in [2.45, 2.75) is 58.0 Å². The molecule has 0 bridgehead atoms. The maximum absolute atomic E-state index is 13.5. The summed E-state index contributed by atoms with van der Waals surface area (Å²) in [5.41, 5.74) is -1.55. The predicted octanol–water partition coefficient (Wildman–Crippen LogP) is 5.76. The van der Waals surface area contributed by atoms with Crippen molar-refractivity contribution in [2.75, 3.05) is 6.61 Å². The molecular weight excluding hydrogens is 435 g/mol. The lowest BCUT2D eigenvalue weighted by atomic mass is 9.83. The number of aliphatic carboxylic acids is 1. The van der Waals surface area contributed by atoms with Crippen molar-refractivity contribution in [3.8, 4) is 11.4 Å². The highest BCUT2D eigenvalue weighted by molar-refractivity contribution is 5.73. The van der Waals surface area contributed by atoms with Crippen LogP contribution < -0.4 is 0 Å². The van der Waals surface area contributed by atoms with E-state index < -0.39 is 23.0 Å². The zero-order chi connectivity index (χ0) is 24.4. The van der Waals surface area contributed by atoms with Gasteiger partial charge in [0.25, 0.3) is 0 Å². The van der Waals surface area contributed by atoms with Crippen molar-refractivity contribution in [3.63, 3.8) is 0 Å². The van der Waals surface area contributed by atoms with Crippen LogP contribution in [0.2, 0.25) is 0 Å².